The maximum absolute atomic E-state index is 10.2. The van der Waals surface area contributed by atoms with Gasteiger partial charge in [-0.2, -0.15) is 0 Å². The van der Waals surface area contributed by atoms with E-state index in [1.54, 1.807) is 0 Å². The molecule has 0 amide bonds. The number of rotatable bonds is 12. The van der Waals surface area contributed by atoms with Crippen LogP contribution in [0.4, 0.5) is 0 Å². The van der Waals surface area contributed by atoms with Gasteiger partial charge in [-0.25, -0.2) is 9.59 Å². The van der Waals surface area contributed by atoms with Crippen molar-refractivity contribution < 1.29 is 108 Å². The second kappa shape index (κ2) is 16.9. The molecule has 182 valence electrons. The van der Waals surface area contributed by atoms with Crippen LogP contribution in [0.3, 0.4) is 0 Å². The maximum Gasteiger partial charge on any atom is 0.335 e. The second-order valence-corrected chi connectivity index (χ2v) is 6.01. The number of carboxylic acid groups (broad SMARTS) is 2. The quantitative estimate of drug-likeness (QED) is 0.0978. The molecule has 0 aromatic heterocycles. The van der Waals surface area contributed by atoms with E-state index in [2.05, 4.69) is 0 Å². The van der Waals surface area contributed by atoms with Crippen molar-refractivity contribution in [3.8, 4) is 0 Å². The third-order valence-corrected chi connectivity index (χ3v) is 3.72. The number of aliphatic hydroxyl groups excluding tert-OH is 12. The Labute approximate surface area is 194 Å². The van der Waals surface area contributed by atoms with Gasteiger partial charge in [0.05, 0.1) is 13.2 Å². The summed E-state index contributed by atoms with van der Waals surface area (Å²) in [5, 5.41) is 123. The topological polar surface area (TPSA) is 317 Å². The Morgan fingerprint density at radius 1 is 0.484 bits per heavy atom. The fourth-order valence-electron chi connectivity index (χ4n) is 1.74. The van der Waals surface area contributed by atoms with Crippen LogP contribution in [0.25, 0.3) is 0 Å². The van der Waals surface area contributed by atoms with E-state index in [0.29, 0.717) is 0 Å². The maximum atomic E-state index is 10.2. The van der Waals surface area contributed by atoms with E-state index < -0.39 is 86.2 Å². The summed E-state index contributed by atoms with van der Waals surface area (Å²) in [6.45, 7) is -1.76. The first-order valence-corrected chi connectivity index (χ1v) is 8.13. The van der Waals surface area contributed by atoms with Crippen molar-refractivity contribution in [3.05, 3.63) is 0 Å². The van der Waals surface area contributed by atoms with Gasteiger partial charge in [0, 0.05) is 27.3 Å². The van der Waals surface area contributed by atoms with Gasteiger partial charge in [0.25, 0.3) is 0 Å². The zero-order chi connectivity index (χ0) is 24.3. The molecule has 0 saturated carbocycles. The third kappa shape index (κ3) is 11.7. The second-order valence-electron chi connectivity index (χ2n) is 6.01. The molecule has 0 heterocycles. The molecule has 10 atom stereocenters. The first kappa shape index (κ1) is 35.0. The van der Waals surface area contributed by atoms with Crippen LogP contribution in [-0.2, 0) is 36.9 Å². The van der Waals surface area contributed by atoms with Crippen molar-refractivity contribution in [1.29, 1.82) is 0 Å². The summed E-state index contributed by atoms with van der Waals surface area (Å²) < 4.78 is 0. The van der Waals surface area contributed by atoms with Crippen LogP contribution in [-0.4, -0.2) is 158 Å². The molecule has 0 rings (SSSR count). The van der Waals surface area contributed by atoms with Crippen molar-refractivity contribution in [3.63, 3.8) is 0 Å². The van der Waals surface area contributed by atoms with Crippen LogP contribution in [0.1, 0.15) is 0 Å². The zero-order valence-electron chi connectivity index (χ0n) is 16.0. The van der Waals surface area contributed by atoms with Crippen LogP contribution in [0.15, 0.2) is 0 Å². The minimum Gasteiger partial charge on any atom is -0.479 e. The molecule has 31 heavy (non-hydrogen) atoms. The molecule has 0 saturated heterocycles. The van der Waals surface area contributed by atoms with Gasteiger partial charge in [-0.05, 0) is 0 Å². The average Bonchev–Trinajstić information content (AvgIpc) is 2.73. The summed E-state index contributed by atoms with van der Waals surface area (Å²) in [6, 6.07) is 0. The van der Waals surface area contributed by atoms with Crippen molar-refractivity contribution >= 4 is 11.9 Å². The fourth-order valence-corrected chi connectivity index (χ4v) is 1.74. The van der Waals surface area contributed by atoms with Crippen LogP contribution in [0.2, 0.25) is 0 Å². The van der Waals surface area contributed by atoms with Crippen LogP contribution < -0.4 is 0 Å². The Morgan fingerprint density at radius 3 is 0.871 bits per heavy atom. The Balaban J connectivity index is -0.000000490. The molecule has 16 nitrogen and oxygen atoms in total. The van der Waals surface area contributed by atoms with Crippen molar-refractivity contribution in [2.75, 3.05) is 13.2 Å². The van der Waals surface area contributed by atoms with Crippen LogP contribution in [0.5, 0.6) is 0 Å². The van der Waals surface area contributed by atoms with Gasteiger partial charge in [-0.1, -0.05) is 0 Å². The average molecular weight is 565 g/mol. The van der Waals surface area contributed by atoms with E-state index in [1.165, 1.54) is 0 Å². The normalized spacial score (nSPS) is 20.8. The Morgan fingerprint density at radius 2 is 0.710 bits per heavy atom. The van der Waals surface area contributed by atoms with Crippen LogP contribution >= 0.6 is 0 Å². The minimum atomic E-state index is -2.29. The summed E-state index contributed by atoms with van der Waals surface area (Å²) in [5.74, 6) is -3.57. The zero-order valence-corrected chi connectivity index (χ0v) is 20.0. The van der Waals surface area contributed by atoms with Gasteiger partial charge < -0.3 is 71.5 Å². The van der Waals surface area contributed by atoms with Gasteiger partial charge in [-0.15, -0.1) is 0 Å². The number of hydrogen-bond donors (Lipinski definition) is 14. The molecule has 0 aliphatic rings. The van der Waals surface area contributed by atoms with Gasteiger partial charge in [0.15, 0.2) is 12.2 Å². The Bertz CT molecular complexity index is 465. The number of aliphatic hydroxyl groups is 12. The smallest absolute Gasteiger partial charge is 0.335 e. The summed E-state index contributed by atoms with van der Waals surface area (Å²) in [4.78, 5) is 20.4. The molecule has 0 spiro atoms. The van der Waals surface area contributed by atoms with Gasteiger partial charge in [0.1, 0.15) is 48.8 Å². The van der Waals surface area contributed by atoms with Gasteiger partial charge in [0.2, 0.25) is 0 Å². The first-order valence-electron chi connectivity index (χ1n) is 8.13. The summed E-state index contributed by atoms with van der Waals surface area (Å²) >= 11 is 0. The largest absolute Gasteiger partial charge is 0.479 e. The summed E-state index contributed by atoms with van der Waals surface area (Å²) in [7, 11) is 0. The number of hydrogen-bond acceptors (Lipinski definition) is 14. The molecule has 0 radical (unpaired) electrons. The molecular formula is C14H28CdO16. The molecule has 0 fully saturated rings. The predicted molar refractivity (Wildman–Crippen MR) is 89.5 cm³/mol. The standard InChI is InChI=1S/2C7H14O8.Cd/c2*8-1-2(9)3(10)4(11)5(12)6(13)7(14)15;/h2*2-6,8-13H,1H2,(H,14,15);/t2*2-,3-,4+,5+,6-;/m11./s1. The molecule has 0 aromatic carbocycles. The molecule has 0 bridgehead atoms. The molecule has 0 aromatic rings. The van der Waals surface area contributed by atoms with Crippen molar-refractivity contribution in [2.24, 2.45) is 0 Å². The van der Waals surface area contributed by atoms with Crippen LogP contribution in [0, 0.1) is 0 Å². The molecular weight excluding hydrogens is 537 g/mol. The van der Waals surface area contributed by atoms with E-state index in [1.807, 2.05) is 0 Å². The molecule has 0 aliphatic heterocycles. The number of carbonyl (C=O) groups is 2. The molecule has 17 heteroatoms. The third-order valence-electron chi connectivity index (χ3n) is 3.72. The van der Waals surface area contributed by atoms with E-state index in [0.717, 1.165) is 0 Å². The molecule has 0 aliphatic carbocycles. The van der Waals surface area contributed by atoms with Gasteiger partial charge in [-0.3, -0.25) is 0 Å². The molecule has 14 N–H and O–H groups in total. The monoisotopic (exact) mass is 566 g/mol. The summed E-state index contributed by atoms with van der Waals surface area (Å²) in [6.07, 6.45) is -20.5. The number of carboxylic acids is 2. The van der Waals surface area contributed by atoms with E-state index in [9.17, 15) is 9.59 Å². The minimum absolute atomic E-state index is 0. The fraction of sp³-hybridized carbons (Fsp3) is 0.857. The van der Waals surface area contributed by atoms with Crippen molar-refractivity contribution in [2.45, 2.75) is 61.0 Å². The van der Waals surface area contributed by atoms with E-state index in [-0.39, 0.29) is 27.3 Å². The molecule has 0 unspecified atom stereocenters. The van der Waals surface area contributed by atoms with Crippen molar-refractivity contribution in [1.82, 2.24) is 0 Å². The van der Waals surface area contributed by atoms with E-state index in [4.69, 9.17) is 71.5 Å². The Hall–Kier alpha value is -0.618. The number of aliphatic carboxylic acids is 2. The Kier molecular flexibility index (Phi) is 19.1. The SMILES string of the molecule is O=C(O)[C@H](O)[C@@H](O)[C@@H](O)[C@H](O)[C@H](O)CO.O=C(O)[C@H](O)[C@@H](O)[C@@H](O)[C@H](O)[C@H](O)CO.[Cd]. The summed E-state index contributed by atoms with van der Waals surface area (Å²) in [5.41, 5.74) is 0. The first-order chi connectivity index (χ1) is 13.6. The van der Waals surface area contributed by atoms with E-state index >= 15 is 0 Å². The van der Waals surface area contributed by atoms with Gasteiger partial charge >= 0.3 is 11.9 Å². The predicted octanol–water partition coefficient (Wildman–Crippen LogP) is -8.27.